The molecule has 0 bridgehead atoms. The molecule has 1 N–H and O–H groups in total. The number of carbonyl (C=O) groups is 1. The Labute approximate surface area is 187 Å². The van der Waals surface area contributed by atoms with E-state index in [1.165, 1.54) is 0 Å². The SMILES string of the molecule is CC(C)c1cccc(C(C)C)c1OC(=O)NS(=O)(=O)c1c(C(C)C)cccc1C(C)C. The Bertz CT molecular complexity index is 985. The maximum Gasteiger partial charge on any atom is 0.426 e. The molecular weight excluding hydrogens is 410 g/mol. The van der Waals surface area contributed by atoms with Gasteiger partial charge in [-0.25, -0.2) is 17.9 Å². The molecule has 31 heavy (non-hydrogen) atoms. The molecule has 170 valence electrons. The lowest BCUT2D eigenvalue weighted by Gasteiger charge is -2.21. The van der Waals surface area contributed by atoms with E-state index in [-0.39, 0.29) is 28.6 Å². The summed E-state index contributed by atoms with van der Waals surface area (Å²) in [5, 5.41) is 0. The van der Waals surface area contributed by atoms with Gasteiger partial charge in [0.1, 0.15) is 5.75 Å². The third kappa shape index (κ3) is 5.67. The van der Waals surface area contributed by atoms with Crippen LogP contribution in [0, 0.1) is 0 Å². The topological polar surface area (TPSA) is 72.5 Å². The maximum absolute atomic E-state index is 13.3. The van der Waals surface area contributed by atoms with Gasteiger partial charge in [0, 0.05) is 0 Å². The van der Waals surface area contributed by atoms with Crippen molar-refractivity contribution in [1.82, 2.24) is 4.72 Å². The molecule has 0 radical (unpaired) electrons. The molecule has 0 saturated heterocycles. The molecule has 0 aliphatic rings. The van der Waals surface area contributed by atoms with Crippen LogP contribution in [0.25, 0.3) is 0 Å². The standard InChI is InChI=1S/C25H35NO4S/c1-15(2)19-11-9-12-20(16(3)4)23(19)30-25(27)26-31(28,29)24-21(17(5)6)13-10-14-22(24)18(7)8/h9-18H,1-8H3,(H,26,27). The van der Waals surface area contributed by atoms with Crippen molar-refractivity contribution in [3.05, 3.63) is 58.7 Å². The minimum atomic E-state index is -4.12. The van der Waals surface area contributed by atoms with E-state index in [0.717, 1.165) is 11.1 Å². The third-order valence-corrected chi connectivity index (χ3v) is 6.77. The smallest absolute Gasteiger partial charge is 0.409 e. The summed E-state index contributed by atoms with van der Waals surface area (Å²) in [6, 6.07) is 11.2. The molecule has 2 aromatic rings. The molecule has 0 fully saturated rings. The maximum atomic E-state index is 13.3. The molecular formula is C25H35NO4S. The zero-order valence-corrected chi connectivity index (χ0v) is 20.6. The zero-order chi connectivity index (χ0) is 23.5. The van der Waals surface area contributed by atoms with Crippen LogP contribution in [0.2, 0.25) is 0 Å². The summed E-state index contributed by atoms with van der Waals surface area (Å²) < 4.78 is 34.4. The van der Waals surface area contributed by atoms with E-state index in [2.05, 4.69) is 4.72 Å². The normalized spacial score (nSPS) is 12.1. The van der Waals surface area contributed by atoms with Crippen molar-refractivity contribution in [1.29, 1.82) is 0 Å². The Kier molecular flexibility index (Phi) is 7.93. The number of nitrogens with one attached hydrogen (secondary N) is 1. The Balaban J connectivity index is 2.47. The minimum absolute atomic E-state index is 0.0181. The Morgan fingerprint density at radius 3 is 1.42 bits per heavy atom. The lowest BCUT2D eigenvalue weighted by atomic mass is 9.94. The lowest BCUT2D eigenvalue weighted by molar-refractivity contribution is 0.205. The molecule has 0 spiro atoms. The van der Waals surface area contributed by atoms with Crippen LogP contribution >= 0.6 is 0 Å². The molecule has 0 aliphatic heterocycles. The second-order valence-electron chi connectivity index (χ2n) is 9.15. The van der Waals surface area contributed by atoms with E-state index < -0.39 is 16.1 Å². The van der Waals surface area contributed by atoms with Crippen LogP contribution in [0.4, 0.5) is 4.79 Å². The number of para-hydroxylation sites is 1. The second-order valence-corrected chi connectivity index (χ2v) is 10.8. The van der Waals surface area contributed by atoms with Gasteiger partial charge in [0.25, 0.3) is 10.0 Å². The summed E-state index contributed by atoms with van der Waals surface area (Å²) in [6.07, 6.45) is -0.997. The number of benzene rings is 2. The lowest BCUT2D eigenvalue weighted by Crippen LogP contribution is -2.35. The van der Waals surface area contributed by atoms with Crippen LogP contribution in [0.3, 0.4) is 0 Å². The van der Waals surface area contributed by atoms with Gasteiger partial charge in [0.05, 0.1) is 4.90 Å². The van der Waals surface area contributed by atoms with Gasteiger partial charge in [0.2, 0.25) is 0 Å². The van der Waals surface area contributed by atoms with Crippen LogP contribution in [0.15, 0.2) is 41.3 Å². The number of hydrogen-bond donors (Lipinski definition) is 1. The predicted molar refractivity (Wildman–Crippen MR) is 126 cm³/mol. The highest BCUT2D eigenvalue weighted by Gasteiger charge is 2.28. The van der Waals surface area contributed by atoms with Gasteiger partial charge in [-0.15, -0.1) is 0 Å². The van der Waals surface area contributed by atoms with Crippen LogP contribution in [0.1, 0.15) is 101 Å². The molecule has 2 rings (SSSR count). The van der Waals surface area contributed by atoms with Crippen molar-refractivity contribution in [2.45, 2.75) is 84.0 Å². The summed E-state index contributed by atoms with van der Waals surface area (Å²) in [5.74, 6) is 0.632. The summed E-state index contributed by atoms with van der Waals surface area (Å²) in [4.78, 5) is 13.0. The highest BCUT2D eigenvalue weighted by atomic mass is 32.2. The average molecular weight is 446 g/mol. The fourth-order valence-electron chi connectivity index (χ4n) is 3.67. The monoisotopic (exact) mass is 445 g/mol. The van der Waals surface area contributed by atoms with Crippen molar-refractivity contribution < 1.29 is 17.9 Å². The van der Waals surface area contributed by atoms with Crippen LogP contribution in [-0.4, -0.2) is 14.5 Å². The second kappa shape index (κ2) is 9.86. The fourth-order valence-corrected chi connectivity index (χ4v) is 5.26. The quantitative estimate of drug-likeness (QED) is 0.517. The molecule has 6 heteroatoms. The Morgan fingerprint density at radius 2 is 1.06 bits per heavy atom. The van der Waals surface area contributed by atoms with Crippen LogP contribution in [-0.2, 0) is 10.0 Å². The van der Waals surface area contributed by atoms with Crippen molar-refractivity contribution in [2.75, 3.05) is 0 Å². The van der Waals surface area contributed by atoms with Crippen molar-refractivity contribution in [3.63, 3.8) is 0 Å². The molecule has 0 atom stereocenters. The average Bonchev–Trinajstić information content (AvgIpc) is 2.66. The molecule has 0 aliphatic carbocycles. The number of rotatable bonds is 7. The summed E-state index contributed by atoms with van der Waals surface area (Å²) >= 11 is 0. The summed E-state index contributed by atoms with van der Waals surface area (Å²) in [6.45, 7) is 15.8. The number of hydrogen-bond acceptors (Lipinski definition) is 4. The van der Waals surface area contributed by atoms with E-state index in [0.29, 0.717) is 16.9 Å². The van der Waals surface area contributed by atoms with Crippen molar-refractivity contribution >= 4 is 16.1 Å². The van der Waals surface area contributed by atoms with E-state index >= 15 is 0 Å². The van der Waals surface area contributed by atoms with E-state index in [4.69, 9.17) is 4.74 Å². The van der Waals surface area contributed by atoms with E-state index in [1.807, 2.05) is 79.7 Å². The number of carbonyl (C=O) groups excluding carboxylic acids is 1. The first-order valence-corrected chi connectivity index (χ1v) is 12.3. The van der Waals surface area contributed by atoms with Gasteiger partial charge in [-0.05, 0) is 45.9 Å². The Hall–Kier alpha value is -2.34. The minimum Gasteiger partial charge on any atom is -0.409 e. The van der Waals surface area contributed by atoms with Gasteiger partial charge < -0.3 is 4.74 Å². The van der Waals surface area contributed by atoms with Crippen LogP contribution < -0.4 is 9.46 Å². The fraction of sp³-hybridized carbons (Fsp3) is 0.480. The van der Waals surface area contributed by atoms with Crippen molar-refractivity contribution in [2.24, 2.45) is 0 Å². The first-order valence-electron chi connectivity index (χ1n) is 10.9. The first kappa shape index (κ1) is 24.9. The molecule has 0 unspecified atom stereocenters. The third-order valence-electron chi connectivity index (χ3n) is 5.32. The molecule has 2 aromatic carbocycles. The zero-order valence-electron chi connectivity index (χ0n) is 19.8. The molecule has 0 heterocycles. The summed E-state index contributed by atoms with van der Waals surface area (Å²) in [5.41, 5.74) is 3.09. The van der Waals surface area contributed by atoms with E-state index in [1.54, 1.807) is 12.1 Å². The van der Waals surface area contributed by atoms with Gasteiger partial charge in [-0.1, -0.05) is 91.8 Å². The number of amides is 1. The number of sulfonamides is 1. The first-order chi connectivity index (χ1) is 14.4. The van der Waals surface area contributed by atoms with Gasteiger partial charge in [-0.3, -0.25) is 0 Å². The molecule has 5 nitrogen and oxygen atoms in total. The Morgan fingerprint density at radius 1 is 0.710 bits per heavy atom. The van der Waals surface area contributed by atoms with E-state index in [9.17, 15) is 13.2 Å². The highest BCUT2D eigenvalue weighted by molar-refractivity contribution is 7.90. The van der Waals surface area contributed by atoms with Crippen LogP contribution in [0.5, 0.6) is 5.75 Å². The highest BCUT2D eigenvalue weighted by Crippen LogP contribution is 2.35. The van der Waals surface area contributed by atoms with Crippen molar-refractivity contribution in [3.8, 4) is 5.75 Å². The van der Waals surface area contributed by atoms with Gasteiger partial charge >= 0.3 is 6.09 Å². The molecule has 0 aromatic heterocycles. The molecule has 0 saturated carbocycles. The van der Waals surface area contributed by atoms with Gasteiger partial charge in [-0.2, -0.15) is 0 Å². The summed E-state index contributed by atoms with van der Waals surface area (Å²) in [7, 11) is -4.12. The van der Waals surface area contributed by atoms with Gasteiger partial charge in [0.15, 0.2) is 0 Å². The molecule has 1 amide bonds. The largest absolute Gasteiger partial charge is 0.426 e. The predicted octanol–water partition coefficient (Wildman–Crippen LogP) is 6.66. The number of ether oxygens (including phenoxy) is 1.